The quantitative estimate of drug-likeness (QED) is 0.603. The molecule has 2 aromatic carbocycles. The maximum atomic E-state index is 13.6. The number of hydrogen-bond acceptors (Lipinski definition) is 5. The highest BCUT2D eigenvalue weighted by Gasteiger charge is 2.43. The van der Waals surface area contributed by atoms with Crippen molar-refractivity contribution in [1.82, 2.24) is 14.1 Å². The molecule has 2 aromatic rings. The first kappa shape index (κ1) is 24.7. The molecule has 8 heteroatoms. The highest BCUT2D eigenvalue weighted by molar-refractivity contribution is 7.89. The minimum Gasteiger partial charge on any atom is -0.493 e. The van der Waals surface area contributed by atoms with Gasteiger partial charge in [0.1, 0.15) is 5.75 Å². The lowest BCUT2D eigenvalue weighted by atomic mass is 9.78. The van der Waals surface area contributed by atoms with E-state index >= 15 is 0 Å². The summed E-state index contributed by atoms with van der Waals surface area (Å²) >= 11 is 0. The molecule has 2 saturated heterocycles. The largest absolute Gasteiger partial charge is 0.493 e. The molecule has 184 valence electrons. The lowest BCUT2D eigenvalue weighted by Gasteiger charge is -2.43. The first-order valence-electron chi connectivity index (χ1n) is 12.0. The van der Waals surface area contributed by atoms with E-state index in [4.69, 9.17) is 4.74 Å². The van der Waals surface area contributed by atoms with Gasteiger partial charge in [-0.15, -0.1) is 0 Å². The van der Waals surface area contributed by atoms with Gasteiger partial charge in [-0.1, -0.05) is 36.4 Å². The van der Waals surface area contributed by atoms with Gasteiger partial charge < -0.3 is 14.5 Å². The normalized spacial score (nSPS) is 22.5. The van der Waals surface area contributed by atoms with Gasteiger partial charge in [0.05, 0.1) is 11.5 Å². The monoisotopic (exact) mass is 485 g/mol. The molecule has 2 aliphatic rings. The summed E-state index contributed by atoms with van der Waals surface area (Å²) < 4.78 is 34.9. The fraction of sp³-hybridized carbons (Fsp3) is 0.500. The summed E-state index contributed by atoms with van der Waals surface area (Å²) in [4.78, 5) is 17.8. The Balaban J connectivity index is 1.57. The molecule has 0 bridgehead atoms. The van der Waals surface area contributed by atoms with E-state index in [1.807, 2.05) is 54.3 Å². The summed E-state index contributed by atoms with van der Waals surface area (Å²) in [6.07, 6.45) is 1.72. The summed E-state index contributed by atoms with van der Waals surface area (Å²) in [7, 11) is -1.61. The van der Waals surface area contributed by atoms with E-state index in [-0.39, 0.29) is 18.9 Å². The molecule has 2 heterocycles. The number of sulfonamides is 1. The number of para-hydroxylation sites is 1. The first-order chi connectivity index (χ1) is 16.3. The zero-order valence-corrected chi connectivity index (χ0v) is 21.0. The lowest BCUT2D eigenvalue weighted by Crippen LogP contribution is -2.53. The van der Waals surface area contributed by atoms with Crippen LogP contribution < -0.4 is 4.74 Å². The predicted molar refractivity (Wildman–Crippen MR) is 132 cm³/mol. The Morgan fingerprint density at radius 2 is 1.65 bits per heavy atom. The van der Waals surface area contributed by atoms with Crippen molar-refractivity contribution in [3.8, 4) is 5.75 Å². The van der Waals surface area contributed by atoms with Crippen molar-refractivity contribution < 1.29 is 17.9 Å². The predicted octanol–water partition coefficient (Wildman–Crippen LogP) is 3.01. The van der Waals surface area contributed by atoms with Gasteiger partial charge in [-0.05, 0) is 50.6 Å². The molecule has 4 rings (SSSR count). The first-order valence-corrected chi connectivity index (χ1v) is 13.4. The van der Waals surface area contributed by atoms with Crippen molar-refractivity contribution in [2.45, 2.75) is 31.1 Å². The van der Waals surface area contributed by atoms with Gasteiger partial charge in [0.2, 0.25) is 15.9 Å². The number of likely N-dealkylation sites (N-methyl/N-ethyl adjacent to an activating group) is 1. The molecule has 0 N–H and O–H groups in total. The van der Waals surface area contributed by atoms with Crippen molar-refractivity contribution >= 4 is 15.9 Å². The van der Waals surface area contributed by atoms with Crippen LogP contribution in [0.2, 0.25) is 0 Å². The van der Waals surface area contributed by atoms with Crippen LogP contribution in [0.5, 0.6) is 5.75 Å². The van der Waals surface area contributed by atoms with Crippen molar-refractivity contribution in [3.63, 3.8) is 0 Å². The molecule has 0 radical (unpaired) electrons. The van der Waals surface area contributed by atoms with Crippen molar-refractivity contribution in [2.24, 2.45) is 5.41 Å². The van der Waals surface area contributed by atoms with E-state index in [2.05, 4.69) is 11.9 Å². The minimum absolute atomic E-state index is 0.0832. The number of aryl methyl sites for hydroxylation is 1. The van der Waals surface area contributed by atoms with E-state index in [9.17, 15) is 13.2 Å². The van der Waals surface area contributed by atoms with Crippen LogP contribution in [0.3, 0.4) is 0 Å². The van der Waals surface area contributed by atoms with Crippen LogP contribution in [0.4, 0.5) is 0 Å². The molecular weight excluding hydrogens is 450 g/mol. The van der Waals surface area contributed by atoms with E-state index in [1.54, 1.807) is 16.4 Å². The van der Waals surface area contributed by atoms with Gasteiger partial charge in [0, 0.05) is 51.1 Å². The molecule has 1 amide bonds. The number of rotatable bonds is 7. The second-order valence-electron chi connectivity index (χ2n) is 9.67. The number of piperazine rings is 1. The Labute approximate surface area is 203 Å². The van der Waals surface area contributed by atoms with Crippen LogP contribution in [0.15, 0.2) is 59.5 Å². The third kappa shape index (κ3) is 5.62. The third-order valence-corrected chi connectivity index (χ3v) is 9.01. The van der Waals surface area contributed by atoms with E-state index < -0.39 is 15.4 Å². The van der Waals surface area contributed by atoms with Crippen molar-refractivity contribution in [3.05, 3.63) is 60.2 Å². The fourth-order valence-corrected chi connectivity index (χ4v) is 6.72. The maximum absolute atomic E-state index is 13.6. The average molecular weight is 486 g/mol. The molecule has 7 nitrogen and oxygen atoms in total. The van der Waals surface area contributed by atoms with E-state index in [0.717, 1.165) is 30.8 Å². The summed E-state index contributed by atoms with van der Waals surface area (Å²) in [5.74, 6) is 0.813. The second-order valence-corrected chi connectivity index (χ2v) is 11.6. The Kier molecular flexibility index (Phi) is 7.60. The average Bonchev–Trinajstić information content (AvgIpc) is 2.84. The van der Waals surface area contributed by atoms with Gasteiger partial charge in [0.15, 0.2) is 0 Å². The number of carbonyl (C=O) groups is 1. The van der Waals surface area contributed by atoms with Gasteiger partial charge in [0.25, 0.3) is 0 Å². The van der Waals surface area contributed by atoms with Crippen LogP contribution in [-0.4, -0.2) is 81.4 Å². The smallest absolute Gasteiger partial charge is 0.243 e. The number of hydrogen-bond donors (Lipinski definition) is 0. The summed E-state index contributed by atoms with van der Waals surface area (Å²) in [5, 5.41) is 0. The molecule has 0 aromatic heterocycles. The molecule has 2 aliphatic heterocycles. The maximum Gasteiger partial charge on any atom is 0.243 e. The van der Waals surface area contributed by atoms with Crippen molar-refractivity contribution in [1.29, 1.82) is 0 Å². The SMILES string of the molecule is Cc1ccccc1S(=O)(=O)N1CCC[C@](COc2ccccc2)(CC(=O)N2CCN(C)CC2)C1. The van der Waals surface area contributed by atoms with Crippen LogP contribution >= 0.6 is 0 Å². The highest BCUT2D eigenvalue weighted by Crippen LogP contribution is 2.37. The molecule has 34 heavy (non-hydrogen) atoms. The Hall–Kier alpha value is -2.42. The number of amides is 1. The van der Waals surface area contributed by atoms with E-state index in [1.165, 1.54) is 0 Å². The van der Waals surface area contributed by atoms with Crippen LogP contribution in [-0.2, 0) is 14.8 Å². The summed E-state index contributed by atoms with van der Waals surface area (Å²) in [6, 6.07) is 16.6. The Morgan fingerprint density at radius 3 is 2.35 bits per heavy atom. The van der Waals surface area contributed by atoms with Gasteiger partial charge >= 0.3 is 0 Å². The zero-order valence-electron chi connectivity index (χ0n) is 20.2. The molecule has 1 atom stereocenters. The fourth-order valence-electron chi connectivity index (χ4n) is 4.91. The number of carbonyl (C=O) groups excluding carboxylic acids is 1. The second kappa shape index (κ2) is 10.5. The minimum atomic E-state index is -3.67. The number of piperidine rings is 1. The molecule has 0 aliphatic carbocycles. The molecular formula is C26H35N3O4S. The van der Waals surface area contributed by atoms with E-state index in [0.29, 0.717) is 37.6 Å². The standard InChI is InChI=1S/C26H35N3O4S/c1-22-9-6-7-12-24(22)34(31,32)29-14-8-13-26(20-29,21-33-23-10-4-3-5-11-23)19-25(30)28-17-15-27(2)16-18-28/h3-7,9-12H,8,13-21H2,1-2H3/t26-/m0/s1. The summed E-state index contributed by atoms with van der Waals surface area (Å²) in [6.45, 7) is 5.96. The van der Waals surface area contributed by atoms with Crippen LogP contribution in [0.1, 0.15) is 24.8 Å². The third-order valence-electron chi connectivity index (χ3n) is 7.01. The summed E-state index contributed by atoms with van der Waals surface area (Å²) in [5.41, 5.74) is 0.150. The highest BCUT2D eigenvalue weighted by atomic mass is 32.2. The van der Waals surface area contributed by atoms with Crippen molar-refractivity contribution in [2.75, 3.05) is 52.9 Å². The zero-order chi connectivity index (χ0) is 24.2. The van der Waals surface area contributed by atoms with Gasteiger partial charge in [-0.25, -0.2) is 8.42 Å². The van der Waals surface area contributed by atoms with Gasteiger partial charge in [-0.2, -0.15) is 4.31 Å². The number of nitrogens with zero attached hydrogens (tertiary/aromatic N) is 3. The van der Waals surface area contributed by atoms with Crippen LogP contribution in [0, 0.1) is 12.3 Å². The Morgan fingerprint density at radius 1 is 0.971 bits per heavy atom. The molecule has 0 unspecified atom stereocenters. The number of ether oxygens (including phenoxy) is 1. The number of benzene rings is 2. The molecule has 0 spiro atoms. The molecule has 0 saturated carbocycles. The molecule has 2 fully saturated rings. The topological polar surface area (TPSA) is 70.2 Å². The lowest BCUT2D eigenvalue weighted by molar-refractivity contribution is -0.136. The van der Waals surface area contributed by atoms with Gasteiger partial charge in [-0.3, -0.25) is 4.79 Å². The van der Waals surface area contributed by atoms with Crippen LogP contribution in [0.25, 0.3) is 0 Å². The Bertz CT molecular complexity index is 1080.